The van der Waals surface area contributed by atoms with E-state index in [-0.39, 0.29) is 17.8 Å². The molecule has 0 radical (unpaired) electrons. The maximum atomic E-state index is 12.5. The number of nitrogens with zero attached hydrogens (tertiary/aromatic N) is 3. The van der Waals surface area contributed by atoms with E-state index in [1.807, 2.05) is 37.3 Å². The van der Waals surface area contributed by atoms with Gasteiger partial charge in [-0.2, -0.15) is 5.26 Å². The summed E-state index contributed by atoms with van der Waals surface area (Å²) in [7, 11) is 0. The molecule has 1 aromatic heterocycles. The number of nitriles is 1. The first-order valence-corrected chi connectivity index (χ1v) is 8.95. The van der Waals surface area contributed by atoms with E-state index < -0.39 is 0 Å². The Bertz CT molecular complexity index is 784. The second-order valence-electron chi connectivity index (χ2n) is 5.94. The van der Waals surface area contributed by atoms with Gasteiger partial charge in [-0.15, -0.1) is 0 Å². The van der Waals surface area contributed by atoms with Crippen molar-refractivity contribution in [2.24, 2.45) is 5.92 Å². The highest BCUT2D eigenvalue weighted by molar-refractivity contribution is 9.10. The lowest BCUT2D eigenvalue weighted by atomic mass is 9.89. The molecule has 5 nitrogen and oxygen atoms in total. The minimum absolute atomic E-state index is 0.0459. The molecule has 3 rings (SSSR count). The number of esters is 1. The predicted molar refractivity (Wildman–Crippen MR) is 98.2 cm³/mol. The molecule has 1 aliphatic rings. The first kappa shape index (κ1) is 17.4. The number of benzene rings is 1. The average Bonchev–Trinajstić information content (AvgIpc) is 3.08. The summed E-state index contributed by atoms with van der Waals surface area (Å²) in [5.74, 6) is 0.405. The molecule has 0 aliphatic carbocycles. The zero-order chi connectivity index (χ0) is 17.8. The fourth-order valence-electron chi connectivity index (χ4n) is 3.17. The van der Waals surface area contributed by atoms with Gasteiger partial charge in [0.05, 0.1) is 18.1 Å². The van der Waals surface area contributed by atoms with Crippen LogP contribution < -0.4 is 4.90 Å². The molecule has 0 saturated carbocycles. The fraction of sp³-hybridized carbons (Fsp3) is 0.316. The monoisotopic (exact) mass is 399 g/mol. The third-order valence-electron chi connectivity index (χ3n) is 4.41. The molecule has 0 amide bonds. The average molecular weight is 400 g/mol. The molecule has 128 valence electrons. The van der Waals surface area contributed by atoms with Crippen molar-refractivity contribution in [3.05, 3.63) is 58.2 Å². The summed E-state index contributed by atoms with van der Waals surface area (Å²) in [6.07, 6.45) is 1.56. The number of rotatable bonds is 4. The van der Waals surface area contributed by atoms with Gasteiger partial charge in [0, 0.05) is 29.7 Å². The summed E-state index contributed by atoms with van der Waals surface area (Å²) in [5, 5.41) is 8.91. The van der Waals surface area contributed by atoms with Crippen molar-refractivity contribution in [3.63, 3.8) is 0 Å². The smallest absolute Gasteiger partial charge is 0.311 e. The number of anilines is 1. The number of hydrogen-bond acceptors (Lipinski definition) is 5. The Morgan fingerprint density at radius 2 is 2.08 bits per heavy atom. The van der Waals surface area contributed by atoms with Gasteiger partial charge in [0.15, 0.2) is 0 Å². The number of carbonyl (C=O) groups is 1. The molecule has 2 atom stereocenters. The van der Waals surface area contributed by atoms with Crippen molar-refractivity contribution in [2.75, 3.05) is 24.6 Å². The zero-order valence-electron chi connectivity index (χ0n) is 13.9. The van der Waals surface area contributed by atoms with Crippen LogP contribution in [0.15, 0.2) is 47.1 Å². The van der Waals surface area contributed by atoms with Gasteiger partial charge in [0.25, 0.3) is 0 Å². The molecule has 0 unspecified atom stereocenters. The van der Waals surface area contributed by atoms with Crippen LogP contribution in [0.5, 0.6) is 0 Å². The van der Waals surface area contributed by atoms with Gasteiger partial charge in [-0.25, -0.2) is 4.98 Å². The summed E-state index contributed by atoms with van der Waals surface area (Å²) in [4.78, 5) is 18.9. The normalized spacial score (nSPS) is 19.5. The highest BCUT2D eigenvalue weighted by atomic mass is 79.9. The second-order valence-corrected chi connectivity index (χ2v) is 6.85. The number of hydrogen-bond donors (Lipinski definition) is 0. The van der Waals surface area contributed by atoms with E-state index in [1.54, 1.807) is 12.3 Å². The number of carbonyl (C=O) groups excluding carboxylic acids is 1. The number of aromatic nitrogens is 1. The highest BCUT2D eigenvalue weighted by Gasteiger charge is 2.40. The second kappa shape index (κ2) is 7.66. The SMILES string of the molecule is CCOC(=O)[C@H]1CN(c2ccc(C#N)cn2)C[C@@H]1c1ccc(Br)cc1. The molecule has 1 aromatic carbocycles. The molecule has 25 heavy (non-hydrogen) atoms. The Balaban J connectivity index is 1.87. The third kappa shape index (κ3) is 3.83. The Hall–Kier alpha value is -2.39. The molecule has 2 aromatic rings. The molecular weight excluding hydrogens is 382 g/mol. The van der Waals surface area contributed by atoms with Gasteiger partial charge in [-0.3, -0.25) is 4.79 Å². The fourth-order valence-corrected chi connectivity index (χ4v) is 3.43. The lowest BCUT2D eigenvalue weighted by molar-refractivity contribution is -0.147. The van der Waals surface area contributed by atoms with E-state index in [4.69, 9.17) is 10.00 Å². The first-order chi connectivity index (χ1) is 12.1. The summed E-state index contributed by atoms with van der Waals surface area (Å²) in [5.41, 5.74) is 1.63. The van der Waals surface area contributed by atoms with E-state index in [0.717, 1.165) is 15.9 Å². The molecule has 1 fully saturated rings. The number of halogens is 1. The maximum Gasteiger partial charge on any atom is 0.311 e. The van der Waals surface area contributed by atoms with Gasteiger partial charge in [0.2, 0.25) is 0 Å². The van der Waals surface area contributed by atoms with Crippen LogP contribution in [-0.4, -0.2) is 30.6 Å². The van der Waals surface area contributed by atoms with Crippen molar-refractivity contribution in [3.8, 4) is 6.07 Å². The van der Waals surface area contributed by atoms with Gasteiger partial charge >= 0.3 is 5.97 Å². The van der Waals surface area contributed by atoms with Crippen LogP contribution >= 0.6 is 15.9 Å². The highest BCUT2D eigenvalue weighted by Crippen LogP contribution is 2.36. The van der Waals surface area contributed by atoms with E-state index in [9.17, 15) is 4.79 Å². The van der Waals surface area contributed by atoms with Crippen molar-refractivity contribution in [2.45, 2.75) is 12.8 Å². The topological polar surface area (TPSA) is 66.2 Å². The van der Waals surface area contributed by atoms with Crippen molar-refractivity contribution >= 4 is 27.7 Å². The standard InChI is InChI=1S/C19H18BrN3O2/c1-2-25-19(24)17-12-23(18-8-3-13(9-21)10-22-18)11-16(17)14-4-6-15(20)7-5-14/h3-8,10,16-17H,2,11-12H2,1H3/t16-,17+/m1/s1. The summed E-state index contributed by atoms with van der Waals surface area (Å²) in [6.45, 7) is 3.43. The largest absolute Gasteiger partial charge is 0.466 e. The number of pyridine rings is 1. The van der Waals surface area contributed by atoms with Gasteiger partial charge in [-0.1, -0.05) is 28.1 Å². The molecule has 1 saturated heterocycles. The van der Waals surface area contributed by atoms with Crippen molar-refractivity contribution in [1.29, 1.82) is 5.26 Å². The van der Waals surface area contributed by atoms with E-state index in [1.165, 1.54) is 0 Å². The van der Waals surface area contributed by atoms with Gasteiger partial charge in [0.1, 0.15) is 11.9 Å². The summed E-state index contributed by atoms with van der Waals surface area (Å²) < 4.78 is 6.29. The van der Waals surface area contributed by atoms with Crippen molar-refractivity contribution in [1.82, 2.24) is 4.98 Å². The van der Waals surface area contributed by atoms with Crippen LogP contribution in [0.25, 0.3) is 0 Å². The van der Waals surface area contributed by atoms with Crippen LogP contribution in [0.2, 0.25) is 0 Å². The van der Waals surface area contributed by atoms with Crippen molar-refractivity contribution < 1.29 is 9.53 Å². The van der Waals surface area contributed by atoms with Crippen LogP contribution in [0.4, 0.5) is 5.82 Å². The minimum Gasteiger partial charge on any atom is -0.466 e. The Kier molecular flexibility index (Phi) is 5.34. The molecule has 6 heteroatoms. The quantitative estimate of drug-likeness (QED) is 0.735. The number of ether oxygens (including phenoxy) is 1. The van der Waals surface area contributed by atoms with Gasteiger partial charge in [-0.05, 0) is 36.8 Å². The van der Waals surface area contributed by atoms with E-state index in [2.05, 4.69) is 31.9 Å². The predicted octanol–water partition coefficient (Wildman–Crippen LogP) is 3.50. The molecule has 0 bridgehead atoms. The molecule has 0 N–H and O–H groups in total. The Morgan fingerprint density at radius 3 is 2.68 bits per heavy atom. The van der Waals surface area contributed by atoms with E-state index in [0.29, 0.717) is 25.3 Å². The maximum absolute atomic E-state index is 12.5. The molecular formula is C19H18BrN3O2. The first-order valence-electron chi connectivity index (χ1n) is 8.15. The zero-order valence-corrected chi connectivity index (χ0v) is 15.4. The summed E-state index contributed by atoms with van der Waals surface area (Å²) >= 11 is 3.45. The molecule has 1 aliphatic heterocycles. The van der Waals surface area contributed by atoms with Crippen LogP contribution in [0.3, 0.4) is 0 Å². The Morgan fingerprint density at radius 1 is 1.32 bits per heavy atom. The summed E-state index contributed by atoms with van der Waals surface area (Å²) in [6, 6.07) is 13.7. The van der Waals surface area contributed by atoms with Crippen LogP contribution in [0, 0.1) is 17.2 Å². The van der Waals surface area contributed by atoms with Crippen LogP contribution in [0.1, 0.15) is 24.0 Å². The van der Waals surface area contributed by atoms with Gasteiger partial charge < -0.3 is 9.64 Å². The molecule has 2 heterocycles. The third-order valence-corrected chi connectivity index (χ3v) is 4.94. The lowest BCUT2D eigenvalue weighted by Crippen LogP contribution is -2.25. The lowest BCUT2D eigenvalue weighted by Gasteiger charge is -2.17. The van der Waals surface area contributed by atoms with E-state index >= 15 is 0 Å². The van der Waals surface area contributed by atoms with Crippen LogP contribution in [-0.2, 0) is 9.53 Å². The Labute approximate surface area is 155 Å². The molecule has 0 spiro atoms. The minimum atomic E-state index is -0.237.